The Kier molecular flexibility index (Phi) is 4.01. The molecule has 1 aromatic carbocycles. The molecule has 0 aromatic heterocycles. The van der Waals surface area contributed by atoms with E-state index in [1.54, 1.807) is 0 Å². The zero-order valence-electron chi connectivity index (χ0n) is 10.0. The number of benzene rings is 1. The number of hydrogen-bond donors (Lipinski definition) is 1. The zero-order chi connectivity index (χ0) is 13.0. The molecule has 1 aliphatic rings. The highest BCUT2D eigenvalue weighted by atomic mass is 32.2. The summed E-state index contributed by atoms with van der Waals surface area (Å²) < 4.78 is 37.6. The van der Waals surface area contributed by atoms with Crippen LogP contribution in [-0.2, 0) is 9.84 Å². The summed E-state index contributed by atoms with van der Waals surface area (Å²) in [6.07, 6.45) is 3.79. The molecule has 0 radical (unpaired) electrons. The monoisotopic (exact) mass is 269 g/mol. The number of sulfone groups is 1. The van der Waals surface area contributed by atoms with Crippen LogP contribution >= 0.6 is 0 Å². The Morgan fingerprint density at radius 1 is 1.17 bits per heavy atom. The minimum Gasteiger partial charge on any atom is -0.388 e. The summed E-state index contributed by atoms with van der Waals surface area (Å²) in [4.78, 5) is -0.261. The van der Waals surface area contributed by atoms with Crippen LogP contribution in [0, 0.1) is 5.82 Å². The predicted molar refractivity (Wildman–Crippen MR) is 68.1 cm³/mol. The van der Waals surface area contributed by atoms with E-state index in [0.29, 0.717) is 12.1 Å². The first-order valence-corrected chi connectivity index (χ1v) is 7.58. The molecule has 1 fully saturated rings. The van der Waals surface area contributed by atoms with Crippen LogP contribution in [-0.4, -0.2) is 15.0 Å². The van der Waals surface area contributed by atoms with E-state index in [1.807, 2.05) is 0 Å². The molecule has 18 heavy (non-hydrogen) atoms. The van der Waals surface area contributed by atoms with Crippen LogP contribution in [0.4, 0.5) is 4.39 Å². The van der Waals surface area contributed by atoms with E-state index in [9.17, 15) is 12.8 Å². The van der Waals surface area contributed by atoms with Gasteiger partial charge >= 0.3 is 0 Å². The number of nitrogens with one attached hydrogen (secondary N) is 1. The maximum atomic E-state index is 13.5. The molecule has 1 N–H and O–H groups in total. The van der Waals surface area contributed by atoms with Crippen molar-refractivity contribution in [3.05, 3.63) is 41.2 Å². The van der Waals surface area contributed by atoms with E-state index in [1.165, 1.54) is 18.2 Å². The lowest BCUT2D eigenvalue weighted by molar-refractivity contribution is 0.572. The van der Waals surface area contributed by atoms with Gasteiger partial charge in [-0.2, -0.15) is 0 Å². The van der Waals surface area contributed by atoms with E-state index in [0.717, 1.165) is 37.3 Å². The second kappa shape index (κ2) is 5.52. The lowest BCUT2D eigenvalue weighted by atomic mass is 10.2. The highest BCUT2D eigenvalue weighted by Gasteiger charge is 2.17. The molecule has 1 aromatic rings. The van der Waals surface area contributed by atoms with Crippen LogP contribution in [0.25, 0.3) is 0 Å². The molecular formula is C13H16FNO2S. The Bertz CT molecular complexity index is 542. The largest absolute Gasteiger partial charge is 0.388 e. The summed E-state index contributed by atoms with van der Waals surface area (Å²) in [7, 11) is -3.71. The SMILES string of the molecule is O=S(=O)(C=C1CCCCCN1)c1ccccc1F. The molecule has 1 saturated heterocycles. The third-order valence-electron chi connectivity index (χ3n) is 2.92. The molecule has 0 atom stereocenters. The maximum absolute atomic E-state index is 13.5. The average Bonchev–Trinajstić information content (AvgIpc) is 2.57. The maximum Gasteiger partial charge on any atom is 0.204 e. The van der Waals surface area contributed by atoms with Crippen LogP contribution in [0.1, 0.15) is 25.7 Å². The number of halogens is 1. The molecule has 1 aliphatic heterocycles. The molecule has 0 spiro atoms. The van der Waals surface area contributed by atoms with Crippen molar-refractivity contribution in [1.29, 1.82) is 0 Å². The summed E-state index contributed by atoms with van der Waals surface area (Å²) in [6.45, 7) is 0.776. The molecule has 0 amide bonds. The molecule has 2 rings (SSSR count). The van der Waals surface area contributed by atoms with Gasteiger partial charge in [0.25, 0.3) is 0 Å². The van der Waals surface area contributed by atoms with Crippen molar-refractivity contribution >= 4 is 9.84 Å². The highest BCUT2D eigenvalue weighted by Crippen LogP contribution is 2.19. The van der Waals surface area contributed by atoms with Crippen molar-refractivity contribution < 1.29 is 12.8 Å². The fourth-order valence-electron chi connectivity index (χ4n) is 1.98. The van der Waals surface area contributed by atoms with Gasteiger partial charge in [-0.15, -0.1) is 0 Å². The first-order valence-electron chi connectivity index (χ1n) is 6.04. The Labute approximate surface area is 107 Å². The molecule has 98 valence electrons. The van der Waals surface area contributed by atoms with Gasteiger partial charge in [0.15, 0.2) is 0 Å². The molecule has 0 saturated carbocycles. The van der Waals surface area contributed by atoms with Gasteiger partial charge in [0.05, 0.1) is 5.41 Å². The van der Waals surface area contributed by atoms with Crippen LogP contribution in [0.15, 0.2) is 40.3 Å². The molecule has 3 nitrogen and oxygen atoms in total. The van der Waals surface area contributed by atoms with Gasteiger partial charge in [-0.05, 0) is 31.4 Å². The number of allylic oxidation sites excluding steroid dienone is 1. The van der Waals surface area contributed by atoms with Crippen LogP contribution in [0.3, 0.4) is 0 Å². The van der Waals surface area contributed by atoms with Crippen molar-refractivity contribution in [2.75, 3.05) is 6.54 Å². The van der Waals surface area contributed by atoms with Crippen molar-refractivity contribution in [3.8, 4) is 0 Å². The minimum atomic E-state index is -3.71. The van der Waals surface area contributed by atoms with Gasteiger partial charge in [-0.25, -0.2) is 12.8 Å². The molecule has 0 unspecified atom stereocenters. The van der Waals surface area contributed by atoms with Gasteiger partial charge in [-0.1, -0.05) is 18.6 Å². The summed E-state index contributed by atoms with van der Waals surface area (Å²) in [6, 6.07) is 5.45. The predicted octanol–water partition coefficient (Wildman–Crippen LogP) is 2.60. The molecule has 0 bridgehead atoms. The van der Waals surface area contributed by atoms with E-state index in [2.05, 4.69) is 5.32 Å². The van der Waals surface area contributed by atoms with Gasteiger partial charge in [-0.3, -0.25) is 0 Å². The molecule has 5 heteroatoms. The lowest BCUT2D eigenvalue weighted by Crippen LogP contribution is -2.14. The second-order valence-electron chi connectivity index (χ2n) is 4.36. The second-order valence-corrected chi connectivity index (χ2v) is 6.12. The third-order valence-corrected chi connectivity index (χ3v) is 4.45. The summed E-state index contributed by atoms with van der Waals surface area (Å²) >= 11 is 0. The van der Waals surface area contributed by atoms with Gasteiger partial charge in [0, 0.05) is 12.2 Å². The zero-order valence-corrected chi connectivity index (χ0v) is 10.8. The highest BCUT2D eigenvalue weighted by molar-refractivity contribution is 7.94. The average molecular weight is 269 g/mol. The van der Waals surface area contributed by atoms with E-state index < -0.39 is 15.7 Å². The number of hydrogen-bond acceptors (Lipinski definition) is 3. The Hall–Kier alpha value is -1.36. The summed E-state index contributed by atoms with van der Waals surface area (Å²) in [5.74, 6) is -0.706. The van der Waals surface area contributed by atoms with Gasteiger partial charge in [0.1, 0.15) is 10.7 Å². The Morgan fingerprint density at radius 3 is 2.72 bits per heavy atom. The fourth-order valence-corrected chi connectivity index (χ4v) is 3.29. The number of rotatable bonds is 2. The first kappa shape index (κ1) is 13.1. The van der Waals surface area contributed by atoms with Crippen LogP contribution < -0.4 is 5.32 Å². The van der Waals surface area contributed by atoms with Crippen molar-refractivity contribution in [2.24, 2.45) is 0 Å². The molecule has 1 heterocycles. The third kappa shape index (κ3) is 3.10. The van der Waals surface area contributed by atoms with Gasteiger partial charge in [0.2, 0.25) is 9.84 Å². The van der Waals surface area contributed by atoms with E-state index >= 15 is 0 Å². The fraction of sp³-hybridized carbons (Fsp3) is 0.385. The van der Waals surface area contributed by atoms with Crippen molar-refractivity contribution in [3.63, 3.8) is 0 Å². The quantitative estimate of drug-likeness (QED) is 0.897. The van der Waals surface area contributed by atoms with Crippen molar-refractivity contribution in [2.45, 2.75) is 30.6 Å². The molecule has 0 aliphatic carbocycles. The van der Waals surface area contributed by atoms with Crippen LogP contribution in [0.5, 0.6) is 0 Å². The van der Waals surface area contributed by atoms with Crippen LogP contribution in [0.2, 0.25) is 0 Å². The van der Waals surface area contributed by atoms with Gasteiger partial charge < -0.3 is 5.32 Å². The van der Waals surface area contributed by atoms with Crippen molar-refractivity contribution in [1.82, 2.24) is 5.32 Å². The minimum absolute atomic E-state index is 0.261. The van der Waals surface area contributed by atoms with E-state index in [4.69, 9.17) is 0 Å². The lowest BCUT2D eigenvalue weighted by Gasteiger charge is -2.07. The summed E-state index contributed by atoms with van der Waals surface area (Å²) in [5, 5.41) is 4.25. The topological polar surface area (TPSA) is 46.2 Å². The Morgan fingerprint density at radius 2 is 1.94 bits per heavy atom. The van der Waals surface area contributed by atoms with E-state index in [-0.39, 0.29) is 4.90 Å². The molecular weight excluding hydrogens is 253 g/mol. The normalized spacial score (nSPS) is 19.3. The smallest absolute Gasteiger partial charge is 0.204 e. The summed E-state index contributed by atoms with van der Waals surface area (Å²) in [5.41, 5.74) is 0.677. The first-order chi connectivity index (χ1) is 8.59. The Balaban J connectivity index is 2.31. The standard InChI is InChI=1S/C13H16FNO2S/c14-12-7-3-4-8-13(12)18(16,17)10-11-6-2-1-5-9-15-11/h3-4,7-8,10,15H,1-2,5-6,9H2.